The summed E-state index contributed by atoms with van der Waals surface area (Å²) in [6.07, 6.45) is 0. The number of hydrogen-bond acceptors (Lipinski definition) is 5. The van der Waals surface area contributed by atoms with Gasteiger partial charge in [0, 0.05) is 25.2 Å². The SMILES string of the molecule is C=C(C(=C)C(=O)N(C)C)C(=O)NC(C(C)C)S(=O)(=O)[O-].[Na+]. The molecule has 1 atom stereocenters. The second-order valence-corrected chi connectivity index (χ2v) is 6.28. The van der Waals surface area contributed by atoms with Crippen molar-refractivity contribution in [2.45, 2.75) is 19.2 Å². The van der Waals surface area contributed by atoms with Crippen molar-refractivity contribution in [1.29, 1.82) is 0 Å². The molecule has 21 heavy (non-hydrogen) atoms. The fourth-order valence-electron chi connectivity index (χ4n) is 1.32. The zero-order chi connectivity index (χ0) is 16.2. The van der Waals surface area contributed by atoms with Crippen molar-refractivity contribution in [3.63, 3.8) is 0 Å². The molecule has 1 unspecified atom stereocenters. The zero-order valence-corrected chi connectivity index (χ0v) is 15.8. The third-order valence-electron chi connectivity index (χ3n) is 2.49. The normalized spacial score (nSPS) is 12.1. The summed E-state index contributed by atoms with van der Waals surface area (Å²) in [7, 11) is -1.76. The summed E-state index contributed by atoms with van der Waals surface area (Å²) in [5.74, 6) is -2.06. The zero-order valence-electron chi connectivity index (χ0n) is 13.0. The Labute approximate surface area is 147 Å². The van der Waals surface area contributed by atoms with E-state index < -0.39 is 33.2 Å². The quantitative estimate of drug-likeness (QED) is 0.240. The molecule has 0 aliphatic heterocycles. The minimum absolute atomic E-state index is 0. The van der Waals surface area contributed by atoms with Crippen LogP contribution in [0.2, 0.25) is 0 Å². The van der Waals surface area contributed by atoms with Crippen LogP contribution in [-0.2, 0) is 19.7 Å². The van der Waals surface area contributed by atoms with Gasteiger partial charge in [0.2, 0.25) is 0 Å². The summed E-state index contributed by atoms with van der Waals surface area (Å²) >= 11 is 0. The van der Waals surface area contributed by atoms with E-state index >= 15 is 0 Å². The molecule has 0 radical (unpaired) electrons. The predicted molar refractivity (Wildman–Crippen MR) is 73.4 cm³/mol. The van der Waals surface area contributed by atoms with Gasteiger partial charge < -0.3 is 14.8 Å². The van der Waals surface area contributed by atoms with Crippen molar-refractivity contribution in [3.8, 4) is 0 Å². The van der Waals surface area contributed by atoms with E-state index in [4.69, 9.17) is 0 Å². The Morgan fingerprint density at radius 2 is 1.57 bits per heavy atom. The molecule has 0 aromatic heterocycles. The van der Waals surface area contributed by atoms with E-state index in [2.05, 4.69) is 18.5 Å². The average Bonchev–Trinajstić information content (AvgIpc) is 2.30. The van der Waals surface area contributed by atoms with E-state index in [1.165, 1.54) is 32.8 Å². The number of rotatable bonds is 6. The first-order valence-electron chi connectivity index (χ1n) is 5.75. The van der Waals surface area contributed by atoms with Gasteiger partial charge >= 0.3 is 29.6 Å². The van der Waals surface area contributed by atoms with Gasteiger partial charge in [-0.15, -0.1) is 0 Å². The van der Waals surface area contributed by atoms with Crippen molar-refractivity contribution >= 4 is 21.9 Å². The number of likely N-dealkylation sites (N-methyl/N-ethyl adjacent to an activating group) is 1. The third-order valence-corrected chi connectivity index (χ3v) is 3.78. The molecule has 2 amide bonds. The molecule has 0 saturated carbocycles. The van der Waals surface area contributed by atoms with Gasteiger partial charge in [-0.1, -0.05) is 27.0 Å². The predicted octanol–water partition coefficient (Wildman–Crippen LogP) is -3.17. The van der Waals surface area contributed by atoms with Gasteiger partial charge in [-0.2, -0.15) is 0 Å². The van der Waals surface area contributed by atoms with Crippen molar-refractivity contribution in [1.82, 2.24) is 10.2 Å². The molecule has 0 fully saturated rings. The average molecular weight is 326 g/mol. The maximum atomic E-state index is 11.8. The summed E-state index contributed by atoms with van der Waals surface area (Å²) < 4.78 is 33.1. The number of amides is 2. The van der Waals surface area contributed by atoms with Crippen LogP contribution in [0.15, 0.2) is 24.3 Å². The molecular formula is C12H19N2NaO5S. The Kier molecular flexibility index (Phi) is 9.36. The molecule has 1 N–H and O–H groups in total. The first-order chi connectivity index (χ1) is 8.89. The summed E-state index contributed by atoms with van der Waals surface area (Å²) in [6, 6.07) is 0. The van der Waals surface area contributed by atoms with E-state index in [0.29, 0.717) is 0 Å². The summed E-state index contributed by atoms with van der Waals surface area (Å²) in [5.41, 5.74) is -0.448. The maximum absolute atomic E-state index is 11.8. The minimum Gasteiger partial charge on any atom is -0.746 e. The molecule has 0 bridgehead atoms. The smallest absolute Gasteiger partial charge is 0.746 e. The van der Waals surface area contributed by atoms with Crippen LogP contribution >= 0.6 is 0 Å². The number of hydrogen-bond donors (Lipinski definition) is 1. The molecule has 0 aliphatic rings. The molecule has 9 heteroatoms. The number of nitrogens with one attached hydrogen (secondary N) is 1. The molecule has 0 saturated heterocycles. The van der Waals surface area contributed by atoms with E-state index in [0.717, 1.165) is 0 Å². The molecule has 0 aliphatic carbocycles. The Bertz CT molecular complexity index is 540. The van der Waals surface area contributed by atoms with Crippen LogP contribution in [0.3, 0.4) is 0 Å². The molecule has 0 heterocycles. The topological polar surface area (TPSA) is 107 Å². The van der Waals surface area contributed by atoms with E-state index in [9.17, 15) is 22.6 Å². The van der Waals surface area contributed by atoms with Crippen molar-refractivity contribution < 1.29 is 52.1 Å². The minimum atomic E-state index is -4.70. The van der Waals surface area contributed by atoms with Crippen molar-refractivity contribution in [2.24, 2.45) is 5.92 Å². The van der Waals surface area contributed by atoms with Crippen LogP contribution in [0, 0.1) is 5.92 Å². The molecule has 0 spiro atoms. The Balaban J connectivity index is 0. The van der Waals surface area contributed by atoms with Crippen LogP contribution < -0.4 is 34.9 Å². The second-order valence-electron chi connectivity index (χ2n) is 4.79. The van der Waals surface area contributed by atoms with Gasteiger partial charge in [0.1, 0.15) is 15.5 Å². The maximum Gasteiger partial charge on any atom is 1.00 e. The van der Waals surface area contributed by atoms with Crippen molar-refractivity contribution in [3.05, 3.63) is 24.3 Å². The largest absolute Gasteiger partial charge is 1.00 e. The van der Waals surface area contributed by atoms with Crippen LogP contribution in [0.1, 0.15) is 13.8 Å². The van der Waals surface area contributed by atoms with Gasteiger partial charge in [-0.3, -0.25) is 9.59 Å². The fourth-order valence-corrected chi connectivity index (χ4v) is 2.24. The van der Waals surface area contributed by atoms with E-state index in [1.807, 2.05) is 0 Å². The number of nitrogens with zero attached hydrogens (tertiary/aromatic N) is 1. The molecule has 0 rings (SSSR count). The molecule has 0 aromatic rings. The van der Waals surface area contributed by atoms with Crippen LogP contribution in [0.25, 0.3) is 0 Å². The number of carbonyl (C=O) groups excluding carboxylic acids is 2. The fraction of sp³-hybridized carbons (Fsp3) is 0.500. The van der Waals surface area contributed by atoms with Crippen LogP contribution in [0.5, 0.6) is 0 Å². The van der Waals surface area contributed by atoms with Gasteiger partial charge in [-0.05, 0) is 5.92 Å². The first kappa shape index (κ1) is 22.6. The molecule has 0 aromatic carbocycles. The first-order valence-corrected chi connectivity index (χ1v) is 7.22. The van der Waals surface area contributed by atoms with Crippen molar-refractivity contribution in [2.75, 3.05) is 14.1 Å². The van der Waals surface area contributed by atoms with E-state index in [-0.39, 0.29) is 40.7 Å². The second kappa shape index (κ2) is 8.70. The summed E-state index contributed by atoms with van der Waals surface area (Å²) in [5, 5.41) is 0.471. The van der Waals surface area contributed by atoms with Gasteiger partial charge in [0.05, 0.1) is 0 Å². The van der Waals surface area contributed by atoms with Gasteiger partial charge in [0.25, 0.3) is 11.8 Å². The van der Waals surface area contributed by atoms with E-state index in [1.54, 1.807) is 0 Å². The van der Waals surface area contributed by atoms with Crippen LogP contribution in [0.4, 0.5) is 0 Å². The molecular weight excluding hydrogens is 307 g/mol. The molecule has 114 valence electrons. The Morgan fingerprint density at radius 3 is 1.86 bits per heavy atom. The monoisotopic (exact) mass is 326 g/mol. The number of carbonyl (C=O) groups is 2. The van der Waals surface area contributed by atoms with Crippen LogP contribution in [-0.4, -0.2) is 49.2 Å². The standard InChI is InChI=1S/C12H20N2O5S.Na/c1-7(2)11(20(17,18)19)13-10(15)8(3)9(4)12(16)14(5)6;/h7,11H,3-4H2,1-2,5-6H3,(H,13,15)(H,17,18,19);/q;+1/p-1. The van der Waals surface area contributed by atoms with Gasteiger partial charge in [0.15, 0.2) is 0 Å². The van der Waals surface area contributed by atoms with Gasteiger partial charge in [-0.25, -0.2) is 8.42 Å². The summed E-state index contributed by atoms with van der Waals surface area (Å²) in [6.45, 7) is 9.78. The third kappa shape index (κ3) is 6.75. The summed E-state index contributed by atoms with van der Waals surface area (Å²) in [4.78, 5) is 24.6. The Hall–Kier alpha value is -0.670. The molecule has 7 nitrogen and oxygen atoms in total. The Morgan fingerprint density at radius 1 is 1.14 bits per heavy atom.